The van der Waals surface area contributed by atoms with Crippen LogP contribution >= 0.6 is 0 Å². The van der Waals surface area contributed by atoms with Crippen molar-refractivity contribution < 1.29 is 0 Å². The minimum absolute atomic E-state index is 0.114. The molecule has 0 amide bonds. The first-order valence-corrected chi connectivity index (χ1v) is 5.36. The maximum Gasteiger partial charge on any atom is 0.0999 e. The molecule has 3 heterocycles. The predicted molar refractivity (Wildman–Crippen MR) is 62.7 cm³/mol. The van der Waals surface area contributed by atoms with Crippen molar-refractivity contribution in [3.63, 3.8) is 0 Å². The summed E-state index contributed by atoms with van der Waals surface area (Å²) < 4.78 is 2.14. The van der Waals surface area contributed by atoms with Crippen molar-refractivity contribution in [3.8, 4) is 5.69 Å². The third-order valence-electron chi connectivity index (χ3n) is 3.05. The van der Waals surface area contributed by atoms with Crippen molar-refractivity contribution in [2.45, 2.75) is 26.3 Å². The molecule has 2 aromatic rings. The fraction of sp³-hybridized carbons (Fsp3) is 0.333. The summed E-state index contributed by atoms with van der Waals surface area (Å²) in [4.78, 5) is 8.54. The smallest absolute Gasteiger partial charge is 0.0999 e. The Bertz CT molecular complexity index is 554. The van der Waals surface area contributed by atoms with Crippen molar-refractivity contribution in [2.75, 3.05) is 5.32 Å². The molecule has 1 N–H and O–H groups in total. The molecule has 0 bridgehead atoms. The monoisotopic (exact) mass is 214 g/mol. The quantitative estimate of drug-likeness (QED) is 0.731. The number of fused-ring (bicyclic) bond motifs is 3. The van der Waals surface area contributed by atoms with Gasteiger partial charge < -0.3 is 5.32 Å². The Morgan fingerprint density at radius 3 is 3.00 bits per heavy atom. The minimum atomic E-state index is -0.114. The van der Waals surface area contributed by atoms with Crippen LogP contribution in [0.3, 0.4) is 0 Å². The van der Waals surface area contributed by atoms with Crippen LogP contribution in [0.4, 0.5) is 5.69 Å². The fourth-order valence-corrected chi connectivity index (χ4v) is 2.46. The Morgan fingerprint density at radius 2 is 2.19 bits per heavy atom. The summed E-state index contributed by atoms with van der Waals surface area (Å²) in [6.45, 7) is 6.36. The number of anilines is 1. The van der Waals surface area contributed by atoms with E-state index < -0.39 is 0 Å². The molecule has 0 radical (unpaired) electrons. The molecule has 1 aliphatic heterocycles. The van der Waals surface area contributed by atoms with Gasteiger partial charge >= 0.3 is 0 Å². The van der Waals surface area contributed by atoms with Gasteiger partial charge in [0.1, 0.15) is 0 Å². The average molecular weight is 214 g/mol. The third-order valence-corrected chi connectivity index (χ3v) is 3.05. The van der Waals surface area contributed by atoms with Crippen LogP contribution < -0.4 is 5.32 Å². The number of hydrogen-bond donors (Lipinski definition) is 1. The van der Waals surface area contributed by atoms with Crippen molar-refractivity contribution in [1.29, 1.82) is 0 Å². The maximum absolute atomic E-state index is 4.40. The lowest BCUT2D eigenvalue weighted by Gasteiger charge is -2.35. The normalized spacial score (nSPS) is 16.2. The van der Waals surface area contributed by atoms with Crippen LogP contribution in [0.1, 0.15) is 25.2 Å². The van der Waals surface area contributed by atoms with E-state index in [1.54, 1.807) is 6.20 Å². The van der Waals surface area contributed by atoms with Crippen molar-refractivity contribution >= 4 is 5.69 Å². The van der Waals surface area contributed by atoms with Crippen LogP contribution in [0, 0.1) is 6.92 Å². The second-order valence-corrected chi connectivity index (χ2v) is 4.69. The highest BCUT2D eigenvalue weighted by Gasteiger charge is 2.32. The summed E-state index contributed by atoms with van der Waals surface area (Å²) in [5.74, 6) is 0. The van der Waals surface area contributed by atoms with E-state index in [2.05, 4.69) is 33.7 Å². The third kappa shape index (κ3) is 1.10. The lowest BCUT2D eigenvalue weighted by Crippen LogP contribution is -2.35. The van der Waals surface area contributed by atoms with Crippen molar-refractivity contribution in [1.82, 2.24) is 14.5 Å². The van der Waals surface area contributed by atoms with Gasteiger partial charge in [-0.25, -0.2) is 4.98 Å². The number of aryl methyl sites for hydroxylation is 1. The molecule has 0 aromatic carbocycles. The van der Waals surface area contributed by atoms with E-state index in [-0.39, 0.29) is 5.54 Å². The SMILES string of the molecule is Cc1ncn2c1C(C)(C)Nc1cnccc1-2. The molecule has 16 heavy (non-hydrogen) atoms. The van der Waals surface area contributed by atoms with Gasteiger partial charge in [-0.3, -0.25) is 9.55 Å². The molecule has 1 aliphatic rings. The first-order chi connectivity index (χ1) is 7.59. The molecule has 0 aliphatic carbocycles. The second-order valence-electron chi connectivity index (χ2n) is 4.69. The largest absolute Gasteiger partial charge is 0.372 e. The van der Waals surface area contributed by atoms with Gasteiger partial charge in [-0.1, -0.05) is 0 Å². The molecule has 3 rings (SSSR count). The molecule has 4 nitrogen and oxygen atoms in total. The van der Waals surface area contributed by atoms with Crippen LogP contribution in [-0.4, -0.2) is 14.5 Å². The number of aromatic nitrogens is 3. The fourth-order valence-electron chi connectivity index (χ4n) is 2.46. The lowest BCUT2D eigenvalue weighted by molar-refractivity contribution is 0.555. The Morgan fingerprint density at radius 1 is 1.38 bits per heavy atom. The van der Waals surface area contributed by atoms with Gasteiger partial charge in [-0.2, -0.15) is 0 Å². The van der Waals surface area contributed by atoms with Crippen LogP contribution in [0.2, 0.25) is 0 Å². The highest BCUT2D eigenvalue weighted by molar-refractivity contribution is 5.65. The second kappa shape index (κ2) is 2.84. The Kier molecular flexibility index (Phi) is 1.67. The van der Waals surface area contributed by atoms with Gasteiger partial charge in [0, 0.05) is 6.20 Å². The van der Waals surface area contributed by atoms with Crippen LogP contribution in [-0.2, 0) is 5.54 Å². The average Bonchev–Trinajstić information content (AvgIpc) is 2.61. The Labute approximate surface area is 94.4 Å². The van der Waals surface area contributed by atoms with E-state index in [0.717, 1.165) is 17.1 Å². The van der Waals surface area contributed by atoms with Gasteiger partial charge in [-0.05, 0) is 26.8 Å². The zero-order valence-corrected chi connectivity index (χ0v) is 9.65. The van der Waals surface area contributed by atoms with E-state index in [1.807, 2.05) is 25.5 Å². The zero-order chi connectivity index (χ0) is 11.3. The van der Waals surface area contributed by atoms with Gasteiger partial charge in [0.25, 0.3) is 0 Å². The standard InChI is InChI=1S/C12H14N4/c1-8-11-12(2,3)15-9-6-13-5-4-10(9)16(11)7-14-8/h4-7,15H,1-3H3. The van der Waals surface area contributed by atoms with Gasteiger partial charge in [0.2, 0.25) is 0 Å². The summed E-state index contributed by atoms with van der Waals surface area (Å²) in [6.07, 6.45) is 5.54. The first-order valence-electron chi connectivity index (χ1n) is 5.36. The van der Waals surface area contributed by atoms with Crippen LogP contribution in [0.5, 0.6) is 0 Å². The first kappa shape index (κ1) is 9.39. The van der Waals surface area contributed by atoms with Crippen LogP contribution in [0.25, 0.3) is 5.69 Å². The zero-order valence-electron chi connectivity index (χ0n) is 9.65. The van der Waals surface area contributed by atoms with Crippen molar-refractivity contribution in [2.24, 2.45) is 0 Å². The number of hydrogen-bond acceptors (Lipinski definition) is 3. The van der Waals surface area contributed by atoms with Crippen LogP contribution in [0.15, 0.2) is 24.8 Å². The highest BCUT2D eigenvalue weighted by atomic mass is 15.2. The van der Waals surface area contributed by atoms with Gasteiger partial charge in [0.15, 0.2) is 0 Å². The van der Waals surface area contributed by atoms with E-state index in [9.17, 15) is 0 Å². The minimum Gasteiger partial charge on any atom is -0.372 e. The van der Waals surface area contributed by atoms with Crippen molar-refractivity contribution in [3.05, 3.63) is 36.2 Å². The number of pyridine rings is 1. The molecule has 0 saturated heterocycles. The molecule has 0 fully saturated rings. The summed E-state index contributed by atoms with van der Waals surface area (Å²) in [6, 6.07) is 2.00. The van der Waals surface area contributed by atoms with Gasteiger partial charge in [0.05, 0.1) is 40.8 Å². The number of rotatable bonds is 0. The summed E-state index contributed by atoms with van der Waals surface area (Å²) in [5, 5.41) is 3.50. The molecule has 82 valence electrons. The molecular formula is C12H14N4. The molecule has 2 aromatic heterocycles. The van der Waals surface area contributed by atoms with E-state index >= 15 is 0 Å². The number of nitrogens with zero attached hydrogens (tertiary/aromatic N) is 3. The number of nitrogens with one attached hydrogen (secondary N) is 1. The Hall–Kier alpha value is -1.84. The maximum atomic E-state index is 4.40. The Balaban J connectivity index is 2.34. The van der Waals surface area contributed by atoms with E-state index in [0.29, 0.717) is 0 Å². The summed E-state index contributed by atoms with van der Waals surface area (Å²) in [5.41, 5.74) is 4.34. The molecule has 0 atom stereocenters. The highest BCUT2D eigenvalue weighted by Crippen LogP contribution is 2.37. The predicted octanol–water partition coefficient (Wildman–Crippen LogP) is 2.24. The van der Waals surface area contributed by atoms with Gasteiger partial charge in [-0.15, -0.1) is 0 Å². The summed E-state index contributed by atoms with van der Waals surface area (Å²) in [7, 11) is 0. The van der Waals surface area contributed by atoms with E-state index in [4.69, 9.17) is 0 Å². The topological polar surface area (TPSA) is 42.7 Å². The summed E-state index contributed by atoms with van der Waals surface area (Å²) >= 11 is 0. The molecular weight excluding hydrogens is 200 g/mol. The number of imidazole rings is 1. The molecule has 0 unspecified atom stereocenters. The molecule has 0 saturated carbocycles. The molecule has 4 heteroatoms. The van der Waals surface area contributed by atoms with E-state index in [1.165, 1.54) is 5.69 Å². The lowest BCUT2D eigenvalue weighted by atomic mass is 9.95. The molecule has 0 spiro atoms.